The molecule has 0 aromatic rings. The molecule has 3 heteroatoms. The van der Waals surface area contributed by atoms with Crippen molar-refractivity contribution in [1.82, 2.24) is 4.90 Å². The second-order valence-corrected chi connectivity index (χ2v) is 5.20. The summed E-state index contributed by atoms with van der Waals surface area (Å²) in [7, 11) is 0. The van der Waals surface area contributed by atoms with Crippen molar-refractivity contribution < 1.29 is 9.53 Å². The predicted octanol–water partition coefficient (Wildman–Crippen LogP) is 0.785. The first-order valence-corrected chi connectivity index (χ1v) is 5.80. The lowest BCUT2D eigenvalue weighted by Crippen LogP contribution is -2.33. The molecule has 3 heterocycles. The van der Waals surface area contributed by atoms with Crippen LogP contribution in [0.15, 0.2) is 0 Å². The Balaban J connectivity index is 1.65. The van der Waals surface area contributed by atoms with E-state index in [0.717, 1.165) is 13.0 Å². The Morgan fingerprint density at radius 2 is 1.93 bits per heavy atom. The molecule has 0 aromatic heterocycles. The number of hydrogen-bond donors (Lipinski definition) is 0. The molecule has 3 saturated heterocycles. The largest absolute Gasteiger partial charge is 0.374 e. The third-order valence-electron chi connectivity index (χ3n) is 4.39. The van der Waals surface area contributed by atoms with Gasteiger partial charge >= 0.3 is 0 Å². The topological polar surface area (TPSA) is 29.5 Å². The van der Waals surface area contributed by atoms with Gasteiger partial charge in [-0.05, 0) is 25.7 Å². The summed E-state index contributed by atoms with van der Waals surface area (Å²) < 4.78 is 5.81. The zero-order valence-electron chi connectivity index (χ0n) is 8.19. The van der Waals surface area contributed by atoms with Crippen LogP contribution >= 0.6 is 0 Å². The standard InChI is InChI=1S/C11H15NO2/c13-11-10-7(5-12(11)6-1-2-6)8-3-4-9(10)14-8/h6-10H,1-5H2. The molecule has 4 rings (SSSR count). The van der Waals surface area contributed by atoms with E-state index in [1.807, 2.05) is 0 Å². The molecule has 2 bridgehead atoms. The first kappa shape index (κ1) is 7.69. The van der Waals surface area contributed by atoms with Crippen molar-refractivity contribution in [3.05, 3.63) is 0 Å². The van der Waals surface area contributed by atoms with Gasteiger partial charge < -0.3 is 9.64 Å². The minimum absolute atomic E-state index is 0.245. The minimum atomic E-state index is 0.245. The number of rotatable bonds is 1. The van der Waals surface area contributed by atoms with Gasteiger partial charge in [0.25, 0.3) is 0 Å². The summed E-state index contributed by atoms with van der Waals surface area (Å²) in [6.07, 6.45) is 5.48. The summed E-state index contributed by atoms with van der Waals surface area (Å²) in [6.45, 7) is 0.995. The van der Waals surface area contributed by atoms with Crippen molar-refractivity contribution in [2.75, 3.05) is 6.54 Å². The first-order chi connectivity index (χ1) is 6.84. The van der Waals surface area contributed by atoms with E-state index in [4.69, 9.17) is 4.74 Å². The maximum absolute atomic E-state index is 12.1. The van der Waals surface area contributed by atoms with E-state index in [1.54, 1.807) is 0 Å². The molecule has 1 aliphatic carbocycles. The average molecular weight is 193 g/mol. The molecule has 4 unspecified atom stereocenters. The van der Waals surface area contributed by atoms with E-state index in [0.29, 0.717) is 24.0 Å². The number of carbonyl (C=O) groups excluding carboxylic acids is 1. The summed E-state index contributed by atoms with van der Waals surface area (Å²) >= 11 is 0. The third kappa shape index (κ3) is 0.800. The van der Waals surface area contributed by atoms with Gasteiger partial charge in [-0.25, -0.2) is 0 Å². The SMILES string of the molecule is O=C1C2C3CCC(O3)C2CN1C1CC1. The fourth-order valence-corrected chi connectivity index (χ4v) is 3.57. The minimum Gasteiger partial charge on any atom is -0.374 e. The van der Waals surface area contributed by atoms with Gasteiger partial charge in [0.15, 0.2) is 0 Å². The molecule has 1 saturated carbocycles. The Hall–Kier alpha value is -0.570. The van der Waals surface area contributed by atoms with Gasteiger partial charge in [0.1, 0.15) is 0 Å². The maximum Gasteiger partial charge on any atom is 0.229 e. The Morgan fingerprint density at radius 3 is 2.64 bits per heavy atom. The normalized spacial score (nSPS) is 50.3. The van der Waals surface area contributed by atoms with E-state index >= 15 is 0 Å². The first-order valence-electron chi connectivity index (χ1n) is 5.80. The lowest BCUT2D eigenvalue weighted by atomic mass is 9.81. The highest BCUT2D eigenvalue weighted by Crippen LogP contribution is 2.49. The van der Waals surface area contributed by atoms with Crippen LogP contribution in [-0.4, -0.2) is 35.6 Å². The average Bonchev–Trinajstić information content (AvgIpc) is 2.70. The van der Waals surface area contributed by atoms with Crippen LogP contribution in [0.4, 0.5) is 0 Å². The number of hydrogen-bond acceptors (Lipinski definition) is 2. The molecule has 3 nitrogen and oxygen atoms in total. The third-order valence-corrected chi connectivity index (χ3v) is 4.39. The lowest BCUT2D eigenvalue weighted by Gasteiger charge is -2.17. The molecule has 0 spiro atoms. The van der Waals surface area contributed by atoms with Gasteiger partial charge in [0.05, 0.1) is 18.1 Å². The molecule has 14 heavy (non-hydrogen) atoms. The van der Waals surface area contributed by atoms with Crippen LogP contribution in [0.2, 0.25) is 0 Å². The lowest BCUT2D eigenvalue weighted by molar-refractivity contribution is -0.133. The van der Waals surface area contributed by atoms with Crippen LogP contribution in [0.5, 0.6) is 0 Å². The van der Waals surface area contributed by atoms with E-state index in [2.05, 4.69) is 4.90 Å². The zero-order chi connectivity index (χ0) is 9.28. The molecule has 76 valence electrons. The summed E-state index contributed by atoms with van der Waals surface area (Å²) in [4.78, 5) is 14.2. The monoisotopic (exact) mass is 193 g/mol. The molecule has 4 aliphatic rings. The molecule has 4 fully saturated rings. The summed E-state index contributed by atoms with van der Waals surface area (Å²) in [5.41, 5.74) is 0. The van der Waals surface area contributed by atoms with Gasteiger partial charge in [-0.15, -0.1) is 0 Å². The fourth-order valence-electron chi connectivity index (χ4n) is 3.57. The van der Waals surface area contributed by atoms with Crippen LogP contribution in [0.3, 0.4) is 0 Å². The van der Waals surface area contributed by atoms with E-state index < -0.39 is 0 Å². The molecular weight excluding hydrogens is 178 g/mol. The Bertz CT molecular complexity index is 300. The van der Waals surface area contributed by atoms with E-state index in [1.165, 1.54) is 19.3 Å². The Kier molecular flexibility index (Phi) is 1.28. The van der Waals surface area contributed by atoms with Crippen LogP contribution in [0, 0.1) is 11.8 Å². The fraction of sp³-hybridized carbons (Fsp3) is 0.909. The van der Waals surface area contributed by atoms with Crippen molar-refractivity contribution in [3.63, 3.8) is 0 Å². The second-order valence-electron chi connectivity index (χ2n) is 5.20. The second kappa shape index (κ2) is 2.32. The molecule has 4 atom stereocenters. The molecule has 1 amide bonds. The van der Waals surface area contributed by atoms with Gasteiger partial charge in [-0.3, -0.25) is 4.79 Å². The van der Waals surface area contributed by atoms with Crippen molar-refractivity contribution in [2.24, 2.45) is 11.8 Å². The van der Waals surface area contributed by atoms with Crippen LogP contribution in [0.1, 0.15) is 25.7 Å². The maximum atomic E-state index is 12.1. The van der Waals surface area contributed by atoms with Gasteiger partial charge in [-0.2, -0.15) is 0 Å². The Morgan fingerprint density at radius 1 is 1.14 bits per heavy atom. The number of likely N-dealkylation sites (tertiary alicyclic amines) is 1. The highest BCUT2D eigenvalue weighted by molar-refractivity contribution is 5.83. The number of ether oxygens (including phenoxy) is 1. The molecule has 3 aliphatic heterocycles. The highest BCUT2D eigenvalue weighted by atomic mass is 16.5. The predicted molar refractivity (Wildman–Crippen MR) is 49.6 cm³/mol. The number of amides is 1. The summed E-state index contributed by atoms with van der Waals surface area (Å²) in [5, 5.41) is 0. The number of nitrogens with zero attached hydrogens (tertiary/aromatic N) is 1. The van der Waals surface area contributed by atoms with E-state index in [9.17, 15) is 4.79 Å². The number of carbonyl (C=O) groups is 1. The van der Waals surface area contributed by atoms with Crippen molar-refractivity contribution >= 4 is 5.91 Å². The van der Waals surface area contributed by atoms with Gasteiger partial charge in [0, 0.05) is 18.5 Å². The van der Waals surface area contributed by atoms with Crippen LogP contribution < -0.4 is 0 Å². The van der Waals surface area contributed by atoms with E-state index in [-0.39, 0.29) is 12.0 Å². The van der Waals surface area contributed by atoms with Crippen molar-refractivity contribution in [3.8, 4) is 0 Å². The molecular formula is C11H15NO2. The van der Waals surface area contributed by atoms with Crippen molar-refractivity contribution in [2.45, 2.75) is 43.9 Å². The van der Waals surface area contributed by atoms with Crippen LogP contribution in [-0.2, 0) is 9.53 Å². The summed E-state index contributed by atoms with van der Waals surface area (Å²) in [6, 6.07) is 0.604. The number of fused-ring (bicyclic) bond motifs is 5. The van der Waals surface area contributed by atoms with Gasteiger partial charge in [-0.1, -0.05) is 0 Å². The quantitative estimate of drug-likeness (QED) is 0.616. The van der Waals surface area contributed by atoms with Crippen LogP contribution in [0.25, 0.3) is 0 Å². The Labute approximate surface area is 83.4 Å². The molecule has 0 N–H and O–H groups in total. The molecule has 0 aromatic carbocycles. The molecule has 0 radical (unpaired) electrons. The smallest absolute Gasteiger partial charge is 0.229 e. The zero-order valence-corrected chi connectivity index (χ0v) is 8.19. The summed E-state index contributed by atoms with van der Waals surface area (Å²) in [5.74, 6) is 1.20. The van der Waals surface area contributed by atoms with Gasteiger partial charge in [0.2, 0.25) is 5.91 Å². The van der Waals surface area contributed by atoms with Crippen molar-refractivity contribution in [1.29, 1.82) is 0 Å². The highest BCUT2D eigenvalue weighted by Gasteiger charge is 2.59.